The molecule has 1 atom stereocenters. The molecular weight excluding hydrogens is 329 g/mol. The fourth-order valence-corrected chi connectivity index (χ4v) is 2.54. The normalized spacial score (nSPS) is 12.1. The second kappa shape index (κ2) is 8.16. The first kappa shape index (κ1) is 17.5. The average molecular weight is 347 g/mol. The van der Waals surface area contributed by atoms with Crippen LogP contribution in [-0.4, -0.2) is 15.9 Å². The zero-order valence-electron chi connectivity index (χ0n) is 14.3. The van der Waals surface area contributed by atoms with Crippen molar-refractivity contribution >= 4 is 12.0 Å². The molecular formula is C21H18FN3O. The molecule has 2 aromatic carbocycles. The van der Waals surface area contributed by atoms with Gasteiger partial charge in [0.25, 0.3) is 0 Å². The van der Waals surface area contributed by atoms with Gasteiger partial charge in [0.2, 0.25) is 5.91 Å². The van der Waals surface area contributed by atoms with Crippen LogP contribution in [0.2, 0.25) is 0 Å². The minimum absolute atomic E-state index is 0.204. The quantitative estimate of drug-likeness (QED) is 0.705. The van der Waals surface area contributed by atoms with Crippen LogP contribution in [0.25, 0.3) is 17.3 Å². The average Bonchev–Trinajstić information content (AvgIpc) is 2.68. The molecule has 0 radical (unpaired) electrons. The topological polar surface area (TPSA) is 54.9 Å². The molecule has 26 heavy (non-hydrogen) atoms. The first-order chi connectivity index (χ1) is 12.6. The van der Waals surface area contributed by atoms with Crippen molar-refractivity contribution in [2.24, 2.45) is 0 Å². The Morgan fingerprint density at radius 3 is 2.77 bits per heavy atom. The number of rotatable bonds is 5. The van der Waals surface area contributed by atoms with Crippen molar-refractivity contribution in [2.75, 3.05) is 0 Å². The van der Waals surface area contributed by atoms with Crippen molar-refractivity contribution in [3.05, 3.63) is 90.1 Å². The van der Waals surface area contributed by atoms with Gasteiger partial charge in [-0.3, -0.25) is 14.8 Å². The molecule has 0 saturated carbocycles. The van der Waals surface area contributed by atoms with E-state index >= 15 is 0 Å². The molecule has 0 spiro atoms. The van der Waals surface area contributed by atoms with Crippen LogP contribution in [0.15, 0.2) is 73.2 Å². The predicted octanol–water partition coefficient (Wildman–Crippen LogP) is 4.17. The Hall–Kier alpha value is -3.34. The summed E-state index contributed by atoms with van der Waals surface area (Å²) < 4.78 is 13.6. The number of amides is 1. The van der Waals surface area contributed by atoms with Gasteiger partial charge in [-0.2, -0.15) is 0 Å². The Balaban J connectivity index is 1.69. The van der Waals surface area contributed by atoms with Crippen LogP contribution in [0.1, 0.15) is 24.1 Å². The summed E-state index contributed by atoms with van der Waals surface area (Å²) in [6, 6.07) is 13.9. The second-order valence-electron chi connectivity index (χ2n) is 5.80. The smallest absolute Gasteiger partial charge is 0.244 e. The standard InChI is InChI=1S/C21H18FN3O/c1-15(25-21(26)10-9-16-5-2-3-8-19(16)22)17-6-4-7-18(13-17)20-14-23-11-12-24-20/h2-15H,1H3,(H,25,26). The molecule has 0 aliphatic carbocycles. The molecule has 0 saturated heterocycles. The fourth-order valence-electron chi connectivity index (χ4n) is 2.54. The first-order valence-electron chi connectivity index (χ1n) is 8.23. The third-order valence-electron chi connectivity index (χ3n) is 3.92. The lowest BCUT2D eigenvalue weighted by Gasteiger charge is -2.14. The Labute approximate surface area is 151 Å². The molecule has 1 amide bonds. The van der Waals surface area contributed by atoms with Crippen LogP contribution < -0.4 is 5.32 Å². The third-order valence-corrected chi connectivity index (χ3v) is 3.92. The van der Waals surface area contributed by atoms with Crippen molar-refractivity contribution in [3.8, 4) is 11.3 Å². The highest BCUT2D eigenvalue weighted by molar-refractivity contribution is 5.92. The van der Waals surface area contributed by atoms with E-state index < -0.39 is 0 Å². The number of carbonyl (C=O) groups excluding carboxylic acids is 1. The van der Waals surface area contributed by atoms with E-state index in [9.17, 15) is 9.18 Å². The number of halogens is 1. The van der Waals surface area contributed by atoms with Crippen LogP contribution in [0.5, 0.6) is 0 Å². The zero-order chi connectivity index (χ0) is 18.4. The maximum Gasteiger partial charge on any atom is 0.244 e. The molecule has 0 bridgehead atoms. The number of benzene rings is 2. The van der Waals surface area contributed by atoms with E-state index in [2.05, 4.69) is 15.3 Å². The summed E-state index contributed by atoms with van der Waals surface area (Å²) in [4.78, 5) is 20.5. The Morgan fingerprint density at radius 1 is 1.15 bits per heavy atom. The van der Waals surface area contributed by atoms with Crippen LogP contribution in [-0.2, 0) is 4.79 Å². The number of hydrogen-bond acceptors (Lipinski definition) is 3. The van der Waals surface area contributed by atoms with E-state index in [1.807, 2.05) is 31.2 Å². The lowest BCUT2D eigenvalue weighted by Crippen LogP contribution is -2.24. The Kier molecular flexibility index (Phi) is 5.49. The van der Waals surface area contributed by atoms with E-state index in [1.54, 1.807) is 36.8 Å². The summed E-state index contributed by atoms with van der Waals surface area (Å²) in [6.07, 6.45) is 7.76. The van der Waals surface area contributed by atoms with E-state index in [0.29, 0.717) is 5.56 Å². The number of hydrogen-bond donors (Lipinski definition) is 1. The van der Waals surface area contributed by atoms with E-state index in [4.69, 9.17) is 0 Å². The minimum atomic E-state index is -0.360. The molecule has 5 heteroatoms. The first-order valence-corrected chi connectivity index (χ1v) is 8.23. The van der Waals surface area contributed by atoms with Crippen LogP contribution >= 0.6 is 0 Å². The van der Waals surface area contributed by atoms with Crippen LogP contribution in [0, 0.1) is 5.82 Å². The maximum atomic E-state index is 13.6. The van der Waals surface area contributed by atoms with E-state index in [-0.39, 0.29) is 17.8 Å². The molecule has 0 fully saturated rings. The largest absolute Gasteiger partial charge is 0.346 e. The predicted molar refractivity (Wildman–Crippen MR) is 99.5 cm³/mol. The molecule has 1 heterocycles. The van der Waals surface area contributed by atoms with Crippen molar-refractivity contribution in [2.45, 2.75) is 13.0 Å². The zero-order valence-corrected chi connectivity index (χ0v) is 14.3. The summed E-state index contributed by atoms with van der Waals surface area (Å²) in [5, 5.41) is 2.88. The number of carbonyl (C=O) groups is 1. The monoisotopic (exact) mass is 347 g/mol. The lowest BCUT2D eigenvalue weighted by atomic mass is 10.0. The summed E-state index contributed by atoms with van der Waals surface area (Å²) in [7, 11) is 0. The SMILES string of the molecule is CC(NC(=O)C=Cc1ccccc1F)c1cccc(-c2cnccn2)c1. The van der Waals surface area contributed by atoms with Gasteiger partial charge >= 0.3 is 0 Å². The van der Waals surface area contributed by atoms with Crippen LogP contribution in [0.3, 0.4) is 0 Å². The molecule has 1 unspecified atom stereocenters. The number of aromatic nitrogens is 2. The summed E-state index contributed by atoms with van der Waals surface area (Å²) in [6.45, 7) is 1.89. The highest BCUT2D eigenvalue weighted by atomic mass is 19.1. The lowest BCUT2D eigenvalue weighted by molar-refractivity contribution is -0.117. The third kappa shape index (κ3) is 4.39. The second-order valence-corrected chi connectivity index (χ2v) is 5.80. The summed E-state index contributed by atoms with van der Waals surface area (Å²) >= 11 is 0. The van der Waals surface area contributed by atoms with Gasteiger partial charge in [0, 0.05) is 29.6 Å². The van der Waals surface area contributed by atoms with Crippen molar-refractivity contribution in [1.29, 1.82) is 0 Å². The Bertz CT molecular complexity index is 925. The molecule has 0 aliphatic heterocycles. The molecule has 130 valence electrons. The van der Waals surface area contributed by atoms with E-state index in [0.717, 1.165) is 16.8 Å². The van der Waals surface area contributed by atoms with Gasteiger partial charge in [0.15, 0.2) is 0 Å². The Morgan fingerprint density at radius 2 is 2.00 bits per heavy atom. The maximum absolute atomic E-state index is 13.6. The molecule has 4 nitrogen and oxygen atoms in total. The molecule has 1 aromatic heterocycles. The van der Waals surface area contributed by atoms with Crippen molar-refractivity contribution in [3.63, 3.8) is 0 Å². The van der Waals surface area contributed by atoms with Crippen molar-refractivity contribution in [1.82, 2.24) is 15.3 Å². The van der Waals surface area contributed by atoms with Gasteiger partial charge < -0.3 is 5.32 Å². The summed E-state index contributed by atoms with van der Waals surface area (Å²) in [5.74, 6) is -0.646. The molecule has 0 aliphatic rings. The van der Waals surface area contributed by atoms with Gasteiger partial charge in [-0.25, -0.2) is 4.39 Å². The van der Waals surface area contributed by atoms with Gasteiger partial charge in [0.1, 0.15) is 5.82 Å². The summed E-state index contributed by atoms with van der Waals surface area (Å²) in [5.41, 5.74) is 3.02. The molecule has 1 N–H and O–H groups in total. The minimum Gasteiger partial charge on any atom is -0.346 e. The van der Waals surface area contributed by atoms with Gasteiger partial charge in [-0.1, -0.05) is 36.4 Å². The number of nitrogens with one attached hydrogen (secondary N) is 1. The highest BCUT2D eigenvalue weighted by Gasteiger charge is 2.09. The molecule has 3 rings (SSSR count). The van der Waals surface area contributed by atoms with Gasteiger partial charge in [0.05, 0.1) is 17.9 Å². The number of nitrogens with zero attached hydrogens (tertiary/aromatic N) is 2. The van der Waals surface area contributed by atoms with Crippen LogP contribution in [0.4, 0.5) is 4.39 Å². The fraction of sp³-hybridized carbons (Fsp3) is 0.0952. The van der Waals surface area contributed by atoms with Gasteiger partial charge in [-0.05, 0) is 30.7 Å². The van der Waals surface area contributed by atoms with E-state index in [1.165, 1.54) is 18.2 Å². The molecule has 3 aromatic rings. The highest BCUT2D eigenvalue weighted by Crippen LogP contribution is 2.21. The van der Waals surface area contributed by atoms with Gasteiger partial charge in [-0.15, -0.1) is 0 Å². The van der Waals surface area contributed by atoms with Crippen molar-refractivity contribution < 1.29 is 9.18 Å².